The molecule has 1 saturated carbocycles. The number of benzene rings is 1. The molecule has 1 aromatic carbocycles. The van der Waals surface area contributed by atoms with Crippen LogP contribution in [0.2, 0.25) is 0 Å². The van der Waals surface area contributed by atoms with Gasteiger partial charge in [-0.05, 0) is 12.8 Å². The second-order valence-corrected chi connectivity index (χ2v) is 5.56. The molecule has 0 bridgehead atoms. The number of nitrogens with one attached hydrogen (secondary N) is 1. The first kappa shape index (κ1) is 15.0. The normalized spacial score (nSPS) is 20.5. The molecular formula is C16H21NO5. The van der Waals surface area contributed by atoms with E-state index in [1.165, 1.54) is 7.11 Å². The summed E-state index contributed by atoms with van der Waals surface area (Å²) >= 11 is 0. The highest BCUT2D eigenvalue weighted by Gasteiger charge is 2.26. The van der Waals surface area contributed by atoms with Gasteiger partial charge in [-0.15, -0.1) is 0 Å². The summed E-state index contributed by atoms with van der Waals surface area (Å²) in [6, 6.07) is 3.91. The van der Waals surface area contributed by atoms with Gasteiger partial charge in [0.05, 0.1) is 38.7 Å². The Hall–Kier alpha value is -1.95. The van der Waals surface area contributed by atoms with E-state index in [2.05, 4.69) is 5.32 Å². The number of ether oxygens (including phenoxy) is 4. The van der Waals surface area contributed by atoms with Crippen molar-refractivity contribution in [1.82, 2.24) is 0 Å². The number of methoxy groups -OCH3 is 2. The summed E-state index contributed by atoms with van der Waals surface area (Å²) in [6.07, 6.45) is 3.04. The molecule has 0 radical (unpaired) electrons. The zero-order chi connectivity index (χ0) is 15.5. The van der Waals surface area contributed by atoms with E-state index in [-0.39, 0.29) is 6.10 Å². The van der Waals surface area contributed by atoms with Gasteiger partial charge >= 0.3 is 5.97 Å². The van der Waals surface area contributed by atoms with Crippen LogP contribution in [0.4, 0.5) is 5.69 Å². The van der Waals surface area contributed by atoms with Crippen LogP contribution < -0.4 is 14.8 Å². The van der Waals surface area contributed by atoms with Gasteiger partial charge in [-0.25, -0.2) is 4.79 Å². The van der Waals surface area contributed by atoms with Crippen LogP contribution in [0.3, 0.4) is 0 Å². The van der Waals surface area contributed by atoms with Gasteiger partial charge in [0.15, 0.2) is 11.5 Å². The molecule has 1 aliphatic heterocycles. The molecule has 0 spiro atoms. The van der Waals surface area contributed by atoms with Gasteiger partial charge in [-0.2, -0.15) is 0 Å². The molecule has 3 rings (SSSR count). The average molecular weight is 307 g/mol. The third-order valence-electron chi connectivity index (χ3n) is 3.83. The maximum Gasteiger partial charge on any atom is 0.340 e. The molecule has 0 aromatic heterocycles. The molecule has 1 N–H and O–H groups in total. The Morgan fingerprint density at radius 1 is 1.23 bits per heavy atom. The van der Waals surface area contributed by atoms with Crippen molar-refractivity contribution in [2.45, 2.75) is 31.4 Å². The molecule has 1 heterocycles. The first-order valence-corrected chi connectivity index (χ1v) is 7.52. The van der Waals surface area contributed by atoms with Crippen molar-refractivity contribution in [1.29, 1.82) is 0 Å². The second-order valence-electron chi connectivity index (χ2n) is 5.56. The maximum absolute atomic E-state index is 12.0. The minimum absolute atomic E-state index is 0.0124. The number of carbonyl (C=O) groups is 1. The number of carbonyl (C=O) groups excluding carboxylic acids is 1. The zero-order valence-electron chi connectivity index (χ0n) is 12.9. The van der Waals surface area contributed by atoms with E-state index in [0.29, 0.717) is 36.3 Å². The van der Waals surface area contributed by atoms with Crippen LogP contribution in [0.5, 0.6) is 11.5 Å². The predicted molar refractivity (Wildman–Crippen MR) is 80.8 cm³/mol. The molecule has 6 heteroatoms. The van der Waals surface area contributed by atoms with E-state index >= 15 is 0 Å². The van der Waals surface area contributed by atoms with Crippen LogP contribution in [-0.4, -0.2) is 45.5 Å². The Labute approximate surface area is 129 Å². The van der Waals surface area contributed by atoms with Gasteiger partial charge in [0.25, 0.3) is 0 Å². The van der Waals surface area contributed by atoms with Gasteiger partial charge < -0.3 is 24.3 Å². The molecule has 120 valence electrons. The van der Waals surface area contributed by atoms with Gasteiger partial charge in [-0.3, -0.25) is 0 Å². The molecule has 2 fully saturated rings. The topological polar surface area (TPSA) is 66.0 Å². The number of hydrogen-bond donors (Lipinski definition) is 1. The maximum atomic E-state index is 12.0. The first-order valence-electron chi connectivity index (χ1n) is 7.52. The van der Waals surface area contributed by atoms with E-state index in [4.69, 9.17) is 18.9 Å². The highest BCUT2D eigenvalue weighted by molar-refractivity contribution is 5.96. The van der Waals surface area contributed by atoms with Gasteiger partial charge in [0, 0.05) is 24.6 Å². The molecule has 1 aliphatic carbocycles. The molecule has 6 nitrogen and oxygen atoms in total. The van der Waals surface area contributed by atoms with Gasteiger partial charge in [-0.1, -0.05) is 0 Å². The third-order valence-corrected chi connectivity index (χ3v) is 3.83. The Morgan fingerprint density at radius 3 is 2.64 bits per heavy atom. The molecular weight excluding hydrogens is 286 g/mol. The summed E-state index contributed by atoms with van der Waals surface area (Å²) in [5.74, 6) is 0.751. The summed E-state index contributed by atoms with van der Waals surface area (Å²) in [5, 5.41) is 3.33. The van der Waals surface area contributed by atoms with E-state index in [9.17, 15) is 4.79 Å². The van der Waals surface area contributed by atoms with Crippen molar-refractivity contribution < 1.29 is 23.7 Å². The fraction of sp³-hybridized carbons (Fsp3) is 0.562. The molecule has 0 unspecified atom stereocenters. The van der Waals surface area contributed by atoms with Gasteiger partial charge in [0.1, 0.15) is 6.10 Å². The summed E-state index contributed by atoms with van der Waals surface area (Å²) < 4.78 is 21.5. The molecule has 22 heavy (non-hydrogen) atoms. The number of hydrogen-bond acceptors (Lipinski definition) is 6. The second kappa shape index (κ2) is 6.44. The fourth-order valence-electron chi connectivity index (χ4n) is 2.44. The lowest BCUT2D eigenvalue weighted by atomic mass is 10.1. The largest absolute Gasteiger partial charge is 0.493 e. The van der Waals surface area contributed by atoms with Crippen molar-refractivity contribution in [3.63, 3.8) is 0 Å². The van der Waals surface area contributed by atoms with E-state index < -0.39 is 5.97 Å². The van der Waals surface area contributed by atoms with Gasteiger partial charge in [0.2, 0.25) is 0 Å². The van der Waals surface area contributed by atoms with Crippen molar-refractivity contribution in [3.8, 4) is 11.5 Å². The predicted octanol–water partition coefficient (Wildman–Crippen LogP) is 2.22. The lowest BCUT2D eigenvalue weighted by Gasteiger charge is -2.18. The quantitative estimate of drug-likeness (QED) is 0.813. The van der Waals surface area contributed by atoms with Crippen LogP contribution in [0.25, 0.3) is 0 Å². The minimum Gasteiger partial charge on any atom is -0.493 e. The summed E-state index contributed by atoms with van der Waals surface area (Å²) in [6.45, 7) is 1.25. The van der Waals surface area contributed by atoms with Crippen molar-refractivity contribution in [2.75, 3.05) is 32.8 Å². The Balaban J connectivity index is 1.91. The van der Waals surface area contributed by atoms with Crippen LogP contribution >= 0.6 is 0 Å². The van der Waals surface area contributed by atoms with E-state index in [1.807, 2.05) is 0 Å². The summed E-state index contributed by atoms with van der Waals surface area (Å²) in [5.41, 5.74) is 1.19. The number of esters is 1. The van der Waals surface area contributed by atoms with E-state index in [1.54, 1.807) is 19.2 Å². The summed E-state index contributed by atoms with van der Waals surface area (Å²) in [4.78, 5) is 12.0. The fourth-order valence-corrected chi connectivity index (χ4v) is 2.44. The standard InChI is InChI=1S/C16H21NO5/c1-19-14-8-13(17-10-3-4-10)12(16(18)20-2)7-15(14)22-11-5-6-21-9-11/h7-8,10-11,17H,3-6,9H2,1-2H3/t11-/m0/s1. The number of anilines is 1. The van der Waals surface area contributed by atoms with E-state index in [0.717, 1.165) is 24.9 Å². The van der Waals surface area contributed by atoms with Crippen LogP contribution in [-0.2, 0) is 9.47 Å². The highest BCUT2D eigenvalue weighted by Crippen LogP contribution is 2.37. The average Bonchev–Trinajstić information content (AvgIpc) is 3.20. The number of rotatable bonds is 6. The van der Waals surface area contributed by atoms with Crippen molar-refractivity contribution in [2.24, 2.45) is 0 Å². The van der Waals surface area contributed by atoms with Crippen molar-refractivity contribution >= 4 is 11.7 Å². The van der Waals surface area contributed by atoms with Crippen LogP contribution in [0.15, 0.2) is 12.1 Å². The summed E-state index contributed by atoms with van der Waals surface area (Å²) in [7, 11) is 2.96. The Morgan fingerprint density at radius 2 is 2.05 bits per heavy atom. The molecule has 1 saturated heterocycles. The molecule has 1 aromatic rings. The first-order chi connectivity index (χ1) is 10.7. The SMILES string of the molecule is COC(=O)c1cc(O[C@H]2CCOC2)c(OC)cc1NC1CC1. The molecule has 0 amide bonds. The molecule has 1 atom stereocenters. The van der Waals surface area contributed by atoms with Crippen LogP contribution in [0.1, 0.15) is 29.6 Å². The zero-order valence-corrected chi connectivity index (χ0v) is 12.9. The lowest BCUT2D eigenvalue weighted by Crippen LogP contribution is -2.17. The third kappa shape index (κ3) is 3.27. The Kier molecular flexibility index (Phi) is 4.38. The monoisotopic (exact) mass is 307 g/mol. The molecule has 2 aliphatic rings. The minimum atomic E-state index is -0.390. The highest BCUT2D eigenvalue weighted by atomic mass is 16.6. The smallest absolute Gasteiger partial charge is 0.340 e. The van der Waals surface area contributed by atoms with Crippen LogP contribution in [0, 0.1) is 0 Å². The Bertz CT molecular complexity index is 550. The lowest BCUT2D eigenvalue weighted by molar-refractivity contribution is 0.0601. The van der Waals surface area contributed by atoms with Crippen molar-refractivity contribution in [3.05, 3.63) is 17.7 Å².